The molecule has 1 aliphatic rings. The SMILES string of the molecule is CC(CN)CN(C)CC(=O)N1CCCCCC1. The van der Waals surface area contributed by atoms with Gasteiger partial charge in [0, 0.05) is 19.6 Å². The van der Waals surface area contributed by atoms with Crippen molar-refractivity contribution in [2.45, 2.75) is 32.6 Å². The molecule has 1 saturated heterocycles. The Hall–Kier alpha value is -0.610. The van der Waals surface area contributed by atoms with Crippen LogP contribution >= 0.6 is 0 Å². The molecule has 0 saturated carbocycles. The van der Waals surface area contributed by atoms with E-state index >= 15 is 0 Å². The van der Waals surface area contributed by atoms with Crippen molar-refractivity contribution in [1.29, 1.82) is 0 Å². The molecule has 4 nitrogen and oxygen atoms in total. The molecule has 0 aliphatic carbocycles. The van der Waals surface area contributed by atoms with Crippen LogP contribution in [0.3, 0.4) is 0 Å². The summed E-state index contributed by atoms with van der Waals surface area (Å²) < 4.78 is 0. The van der Waals surface area contributed by atoms with Crippen LogP contribution in [-0.2, 0) is 4.79 Å². The average molecular weight is 241 g/mol. The fraction of sp³-hybridized carbons (Fsp3) is 0.923. The summed E-state index contributed by atoms with van der Waals surface area (Å²) in [5, 5.41) is 0. The van der Waals surface area contributed by atoms with Gasteiger partial charge in [-0.05, 0) is 32.4 Å². The van der Waals surface area contributed by atoms with Gasteiger partial charge in [-0.1, -0.05) is 19.8 Å². The predicted molar refractivity (Wildman–Crippen MR) is 70.8 cm³/mol. The van der Waals surface area contributed by atoms with Gasteiger partial charge in [0.2, 0.25) is 5.91 Å². The van der Waals surface area contributed by atoms with Gasteiger partial charge in [0.15, 0.2) is 0 Å². The van der Waals surface area contributed by atoms with Gasteiger partial charge >= 0.3 is 0 Å². The predicted octanol–water partition coefficient (Wildman–Crippen LogP) is 0.916. The van der Waals surface area contributed by atoms with Gasteiger partial charge in [0.1, 0.15) is 0 Å². The molecule has 0 aromatic carbocycles. The molecule has 100 valence electrons. The molecule has 4 heteroatoms. The zero-order valence-electron chi connectivity index (χ0n) is 11.3. The number of hydrogen-bond donors (Lipinski definition) is 1. The molecule has 1 heterocycles. The standard InChI is InChI=1S/C13H27N3O/c1-12(9-14)10-15(2)11-13(17)16-7-5-3-4-6-8-16/h12H,3-11,14H2,1-2H3. The van der Waals surface area contributed by atoms with Crippen molar-refractivity contribution < 1.29 is 4.79 Å². The van der Waals surface area contributed by atoms with E-state index in [1.807, 2.05) is 11.9 Å². The summed E-state index contributed by atoms with van der Waals surface area (Å²) in [5.74, 6) is 0.732. The molecular formula is C13H27N3O. The van der Waals surface area contributed by atoms with E-state index in [1.54, 1.807) is 0 Å². The second-order valence-electron chi connectivity index (χ2n) is 5.33. The van der Waals surface area contributed by atoms with E-state index in [1.165, 1.54) is 12.8 Å². The zero-order valence-corrected chi connectivity index (χ0v) is 11.3. The second kappa shape index (κ2) is 7.67. The van der Waals surface area contributed by atoms with E-state index in [0.717, 1.165) is 32.5 Å². The summed E-state index contributed by atoms with van der Waals surface area (Å²) in [4.78, 5) is 16.2. The first-order chi connectivity index (χ1) is 8.13. The summed E-state index contributed by atoms with van der Waals surface area (Å²) in [6.07, 6.45) is 4.86. The van der Waals surface area contributed by atoms with Crippen molar-refractivity contribution in [2.24, 2.45) is 11.7 Å². The molecule has 0 radical (unpaired) electrons. The molecule has 0 aromatic heterocycles. The van der Waals surface area contributed by atoms with Crippen LogP contribution in [0.1, 0.15) is 32.6 Å². The zero-order chi connectivity index (χ0) is 12.7. The van der Waals surface area contributed by atoms with E-state index in [0.29, 0.717) is 19.0 Å². The minimum Gasteiger partial charge on any atom is -0.342 e. The van der Waals surface area contributed by atoms with Crippen LogP contribution < -0.4 is 5.73 Å². The lowest BCUT2D eigenvalue weighted by Crippen LogP contribution is -2.41. The minimum absolute atomic E-state index is 0.277. The third-order valence-electron chi connectivity index (χ3n) is 3.39. The summed E-state index contributed by atoms with van der Waals surface area (Å²) in [6, 6.07) is 0. The Balaban J connectivity index is 2.31. The molecule has 0 aromatic rings. The Morgan fingerprint density at radius 2 is 1.88 bits per heavy atom. The number of rotatable bonds is 5. The highest BCUT2D eigenvalue weighted by Gasteiger charge is 2.17. The van der Waals surface area contributed by atoms with Gasteiger partial charge < -0.3 is 10.6 Å². The van der Waals surface area contributed by atoms with Gasteiger partial charge in [0.25, 0.3) is 0 Å². The van der Waals surface area contributed by atoms with E-state index in [2.05, 4.69) is 11.8 Å². The maximum atomic E-state index is 12.1. The van der Waals surface area contributed by atoms with Crippen molar-refractivity contribution in [1.82, 2.24) is 9.80 Å². The molecule has 1 fully saturated rings. The largest absolute Gasteiger partial charge is 0.342 e. The third kappa shape index (κ3) is 5.50. The minimum atomic E-state index is 0.277. The van der Waals surface area contributed by atoms with Gasteiger partial charge in [0.05, 0.1) is 6.54 Å². The number of likely N-dealkylation sites (N-methyl/N-ethyl adjacent to an activating group) is 1. The van der Waals surface area contributed by atoms with Crippen LogP contribution in [0.15, 0.2) is 0 Å². The van der Waals surface area contributed by atoms with Crippen molar-refractivity contribution in [2.75, 3.05) is 39.8 Å². The summed E-state index contributed by atoms with van der Waals surface area (Å²) in [5.41, 5.74) is 5.59. The van der Waals surface area contributed by atoms with Crippen LogP contribution in [-0.4, -0.2) is 55.5 Å². The molecular weight excluding hydrogens is 214 g/mol. The third-order valence-corrected chi connectivity index (χ3v) is 3.39. The monoisotopic (exact) mass is 241 g/mol. The highest BCUT2D eigenvalue weighted by molar-refractivity contribution is 5.78. The maximum Gasteiger partial charge on any atom is 0.236 e. The number of likely N-dealkylation sites (tertiary alicyclic amines) is 1. The number of amides is 1. The molecule has 1 atom stereocenters. The number of nitrogens with zero attached hydrogens (tertiary/aromatic N) is 2. The van der Waals surface area contributed by atoms with E-state index in [4.69, 9.17) is 5.73 Å². The Morgan fingerprint density at radius 1 is 1.29 bits per heavy atom. The lowest BCUT2D eigenvalue weighted by atomic mass is 10.2. The Bertz CT molecular complexity index is 225. The first-order valence-corrected chi connectivity index (χ1v) is 6.80. The van der Waals surface area contributed by atoms with Crippen LogP contribution in [0.25, 0.3) is 0 Å². The van der Waals surface area contributed by atoms with Crippen LogP contribution in [0.2, 0.25) is 0 Å². The average Bonchev–Trinajstić information content (AvgIpc) is 2.57. The van der Waals surface area contributed by atoms with E-state index < -0.39 is 0 Å². The van der Waals surface area contributed by atoms with Gasteiger partial charge in [-0.2, -0.15) is 0 Å². The lowest BCUT2D eigenvalue weighted by Gasteiger charge is -2.25. The fourth-order valence-corrected chi connectivity index (χ4v) is 2.32. The van der Waals surface area contributed by atoms with Crippen molar-refractivity contribution >= 4 is 5.91 Å². The first kappa shape index (κ1) is 14.5. The van der Waals surface area contributed by atoms with E-state index in [-0.39, 0.29) is 5.91 Å². The molecule has 0 bridgehead atoms. The number of hydrogen-bond acceptors (Lipinski definition) is 3. The molecule has 1 rings (SSSR count). The first-order valence-electron chi connectivity index (χ1n) is 6.80. The van der Waals surface area contributed by atoms with Crippen molar-refractivity contribution in [3.63, 3.8) is 0 Å². The molecule has 1 amide bonds. The van der Waals surface area contributed by atoms with Crippen molar-refractivity contribution in [3.8, 4) is 0 Å². The molecule has 0 spiro atoms. The normalized spacial score (nSPS) is 19.2. The lowest BCUT2D eigenvalue weighted by molar-refractivity contribution is -0.132. The highest BCUT2D eigenvalue weighted by atomic mass is 16.2. The van der Waals surface area contributed by atoms with Crippen LogP contribution in [0.4, 0.5) is 0 Å². The fourth-order valence-electron chi connectivity index (χ4n) is 2.32. The maximum absolute atomic E-state index is 12.1. The topological polar surface area (TPSA) is 49.6 Å². The number of nitrogens with two attached hydrogens (primary N) is 1. The number of carbonyl (C=O) groups is 1. The summed E-state index contributed by atoms with van der Waals surface area (Å²) in [7, 11) is 2.00. The second-order valence-corrected chi connectivity index (χ2v) is 5.33. The van der Waals surface area contributed by atoms with Gasteiger partial charge in [-0.15, -0.1) is 0 Å². The molecule has 1 aliphatic heterocycles. The molecule has 17 heavy (non-hydrogen) atoms. The Kier molecular flexibility index (Phi) is 6.52. The quantitative estimate of drug-likeness (QED) is 0.778. The van der Waals surface area contributed by atoms with E-state index in [9.17, 15) is 4.79 Å². The Labute approximate surface area is 105 Å². The van der Waals surface area contributed by atoms with Gasteiger partial charge in [-0.25, -0.2) is 0 Å². The number of carbonyl (C=O) groups excluding carboxylic acids is 1. The smallest absolute Gasteiger partial charge is 0.236 e. The Morgan fingerprint density at radius 3 is 2.41 bits per heavy atom. The van der Waals surface area contributed by atoms with Crippen LogP contribution in [0, 0.1) is 5.92 Å². The van der Waals surface area contributed by atoms with Crippen molar-refractivity contribution in [3.05, 3.63) is 0 Å². The summed E-state index contributed by atoms with van der Waals surface area (Å²) >= 11 is 0. The molecule has 1 unspecified atom stereocenters. The molecule has 2 N–H and O–H groups in total. The summed E-state index contributed by atoms with van der Waals surface area (Å²) in [6.45, 7) is 6.12. The highest BCUT2D eigenvalue weighted by Crippen LogP contribution is 2.10. The van der Waals surface area contributed by atoms with Crippen LogP contribution in [0.5, 0.6) is 0 Å². The van der Waals surface area contributed by atoms with Gasteiger partial charge in [-0.3, -0.25) is 9.69 Å².